The van der Waals surface area contributed by atoms with Gasteiger partial charge in [0, 0.05) is 30.8 Å². The zero-order valence-corrected chi connectivity index (χ0v) is 15.7. The van der Waals surface area contributed by atoms with Crippen LogP contribution < -0.4 is 10.2 Å². The van der Waals surface area contributed by atoms with Crippen LogP contribution in [0, 0.1) is 0 Å². The van der Waals surface area contributed by atoms with Crippen molar-refractivity contribution in [3.63, 3.8) is 0 Å². The number of likely N-dealkylation sites (tertiary alicyclic amines) is 1. The van der Waals surface area contributed by atoms with Gasteiger partial charge in [-0.2, -0.15) is 0 Å². The van der Waals surface area contributed by atoms with E-state index >= 15 is 0 Å². The molecule has 0 aliphatic carbocycles. The van der Waals surface area contributed by atoms with Gasteiger partial charge in [-0.3, -0.25) is 4.79 Å². The molecule has 1 amide bonds. The molecule has 0 aromatic carbocycles. The van der Waals surface area contributed by atoms with Gasteiger partial charge in [0.25, 0.3) is 0 Å². The Bertz CT molecular complexity index is 625. The molecular formula is C16H23BClN3O4. The monoisotopic (exact) mass is 367 g/mol. The molecule has 0 spiro atoms. The number of alkyl halides is 1. The van der Waals surface area contributed by atoms with E-state index in [0.29, 0.717) is 13.1 Å². The van der Waals surface area contributed by atoms with E-state index in [0.717, 1.165) is 11.9 Å². The molecule has 0 saturated carbocycles. The Labute approximate surface area is 153 Å². The van der Waals surface area contributed by atoms with Crippen molar-refractivity contribution in [2.75, 3.05) is 19.0 Å². The third-order valence-electron chi connectivity index (χ3n) is 5.06. The fourth-order valence-corrected chi connectivity index (χ4v) is 2.94. The maximum atomic E-state index is 11.6. The van der Waals surface area contributed by atoms with Gasteiger partial charge in [0.15, 0.2) is 0 Å². The number of amides is 1. The maximum Gasteiger partial charge on any atom is 0.498 e. The molecule has 2 aliphatic rings. The van der Waals surface area contributed by atoms with E-state index < -0.39 is 18.3 Å². The molecule has 3 heterocycles. The molecule has 2 saturated heterocycles. The fourth-order valence-electron chi connectivity index (χ4n) is 2.77. The maximum absolute atomic E-state index is 11.6. The van der Waals surface area contributed by atoms with Crippen molar-refractivity contribution >= 4 is 30.1 Å². The van der Waals surface area contributed by atoms with Crippen LogP contribution >= 0.6 is 11.6 Å². The van der Waals surface area contributed by atoms with Crippen LogP contribution in [-0.2, 0) is 14.1 Å². The lowest BCUT2D eigenvalue weighted by atomic mass is 9.81. The smallest absolute Gasteiger partial charge is 0.458 e. The Kier molecular flexibility index (Phi) is 4.96. The highest BCUT2D eigenvalue weighted by molar-refractivity contribution is 6.61. The number of hydrogen-bond donors (Lipinski definition) is 0. The van der Waals surface area contributed by atoms with Crippen molar-refractivity contribution < 1.29 is 18.8 Å². The predicted octanol–water partition coefficient (Wildman–Crippen LogP) is 0.994. The normalized spacial score (nSPS) is 24.6. The minimum absolute atomic E-state index is 0.00793. The summed E-state index contributed by atoms with van der Waals surface area (Å²) < 4.78 is 17.7. The lowest BCUT2D eigenvalue weighted by Crippen LogP contribution is -2.41. The molecule has 0 bridgehead atoms. The molecule has 2 aliphatic heterocycles. The number of ether oxygens (including phenoxy) is 1. The second-order valence-corrected chi connectivity index (χ2v) is 7.66. The summed E-state index contributed by atoms with van der Waals surface area (Å²) in [6.07, 6.45) is 3.93. The number of nitrogens with zero attached hydrogens (tertiary/aromatic N) is 3. The Morgan fingerprint density at radius 2 is 1.92 bits per heavy atom. The summed E-state index contributed by atoms with van der Waals surface area (Å²) in [6, 6.07) is 0.283. The lowest BCUT2D eigenvalue weighted by molar-refractivity contribution is -0.127. The van der Waals surface area contributed by atoms with Gasteiger partial charge in [0.1, 0.15) is 12.0 Å². The Morgan fingerprint density at radius 3 is 2.48 bits per heavy atom. The van der Waals surface area contributed by atoms with E-state index in [1.54, 1.807) is 17.3 Å². The third kappa shape index (κ3) is 3.76. The van der Waals surface area contributed by atoms with Gasteiger partial charge in [-0.25, -0.2) is 9.97 Å². The zero-order chi connectivity index (χ0) is 18.2. The van der Waals surface area contributed by atoms with Crippen LogP contribution in [0.4, 0.5) is 0 Å². The standard InChI is InChI=1S/C16H23BClN3O4/c1-15(2)16(3,4)25-17(24-15)11-8-19-14(20-9-11)23-12-5-6-21(10-12)13(22)7-18/h8-9,12H,5-7,10H2,1-4H3/t12-/m1/s1. The Hall–Kier alpha value is -1.38. The summed E-state index contributed by atoms with van der Waals surface area (Å²) in [5.41, 5.74) is -0.0686. The van der Waals surface area contributed by atoms with E-state index in [9.17, 15) is 4.79 Å². The topological polar surface area (TPSA) is 73.8 Å². The molecule has 0 unspecified atom stereocenters. The van der Waals surface area contributed by atoms with E-state index in [4.69, 9.17) is 25.6 Å². The predicted molar refractivity (Wildman–Crippen MR) is 94.1 cm³/mol. The number of rotatable bonds is 4. The van der Waals surface area contributed by atoms with Crippen LogP contribution in [0.3, 0.4) is 0 Å². The van der Waals surface area contributed by atoms with E-state index in [1.807, 2.05) is 27.7 Å². The molecule has 25 heavy (non-hydrogen) atoms. The molecule has 0 N–H and O–H groups in total. The average molecular weight is 368 g/mol. The van der Waals surface area contributed by atoms with Crippen LogP contribution in [0.15, 0.2) is 12.4 Å². The van der Waals surface area contributed by atoms with Crippen molar-refractivity contribution in [1.29, 1.82) is 0 Å². The summed E-state index contributed by atoms with van der Waals surface area (Å²) in [6.45, 7) is 9.15. The van der Waals surface area contributed by atoms with Crippen molar-refractivity contribution in [1.82, 2.24) is 14.9 Å². The van der Waals surface area contributed by atoms with Gasteiger partial charge in [0.05, 0.1) is 17.7 Å². The summed E-state index contributed by atoms with van der Waals surface area (Å²) in [5, 5.41) is 0. The van der Waals surface area contributed by atoms with Gasteiger partial charge in [-0.1, -0.05) is 0 Å². The lowest BCUT2D eigenvalue weighted by Gasteiger charge is -2.32. The van der Waals surface area contributed by atoms with Crippen molar-refractivity contribution in [2.24, 2.45) is 0 Å². The summed E-state index contributed by atoms with van der Waals surface area (Å²) in [4.78, 5) is 21.8. The second-order valence-electron chi connectivity index (χ2n) is 7.39. The summed E-state index contributed by atoms with van der Waals surface area (Å²) in [7, 11) is -0.498. The van der Waals surface area contributed by atoms with Crippen LogP contribution in [0.5, 0.6) is 6.01 Å². The molecule has 1 atom stereocenters. The Morgan fingerprint density at radius 1 is 1.32 bits per heavy atom. The minimum atomic E-state index is -0.498. The zero-order valence-electron chi connectivity index (χ0n) is 15.0. The molecule has 1 aromatic rings. The number of halogens is 1. The van der Waals surface area contributed by atoms with Crippen molar-refractivity contribution in [3.05, 3.63) is 12.4 Å². The first-order valence-corrected chi connectivity index (χ1v) is 8.93. The number of aromatic nitrogens is 2. The quantitative estimate of drug-likeness (QED) is 0.584. The summed E-state index contributed by atoms with van der Waals surface area (Å²) >= 11 is 5.58. The molecule has 0 radical (unpaired) electrons. The largest absolute Gasteiger partial charge is 0.498 e. The van der Waals surface area contributed by atoms with Gasteiger partial charge in [0.2, 0.25) is 5.91 Å². The first kappa shape index (κ1) is 18.4. The van der Waals surface area contributed by atoms with Gasteiger partial charge in [-0.05, 0) is 27.7 Å². The highest BCUT2D eigenvalue weighted by Crippen LogP contribution is 2.36. The van der Waals surface area contributed by atoms with E-state index in [2.05, 4.69) is 9.97 Å². The first-order valence-electron chi connectivity index (χ1n) is 8.40. The summed E-state index contributed by atoms with van der Waals surface area (Å²) in [5.74, 6) is -0.0868. The van der Waals surface area contributed by atoms with E-state index in [-0.39, 0.29) is 23.9 Å². The molecule has 9 heteroatoms. The highest BCUT2D eigenvalue weighted by Gasteiger charge is 2.52. The highest BCUT2D eigenvalue weighted by atomic mass is 35.5. The van der Waals surface area contributed by atoms with Crippen LogP contribution in [0.2, 0.25) is 0 Å². The SMILES string of the molecule is CC1(C)OB(c2cnc(O[C@@H]3CCN(C(=O)CCl)C3)nc2)OC1(C)C. The van der Waals surface area contributed by atoms with Crippen molar-refractivity contribution in [2.45, 2.75) is 51.4 Å². The fraction of sp³-hybridized carbons (Fsp3) is 0.688. The molecule has 2 fully saturated rings. The number of hydrogen-bond acceptors (Lipinski definition) is 6. The van der Waals surface area contributed by atoms with Crippen molar-refractivity contribution in [3.8, 4) is 6.01 Å². The minimum Gasteiger partial charge on any atom is -0.458 e. The Balaban J connectivity index is 1.60. The van der Waals surface area contributed by atoms with Crippen LogP contribution in [0.1, 0.15) is 34.1 Å². The number of carbonyl (C=O) groups is 1. The molecule has 136 valence electrons. The second kappa shape index (κ2) is 6.74. The van der Waals surface area contributed by atoms with Gasteiger partial charge in [-0.15, -0.1) is 11.6 Å². The molecule has 1 aromatic heterocycles. The average Bonchev–Trinajstić information content (AvgIpc) is 3.10. The van der Waals surface area contributed by atoms with Crippen LogP contribution in [0.25, 0.3) is 0 Å². The van der Waals surface area contributed by atoms with Gasteiger partial charge >= 0.3 is 13.1 Å². The molecule has 7 nitrogen and oxygen atoms in total. The molecule has 3 rings (SSSR count). The van der Waals surface area contributed by atoms with Crippen LogP contribution in [-0.4, -0.2) is 64.2 Å². The van der Waals surface area contributed by atoms with E-state index in [1.165, 1.54) is 0 Å². The van der Waals surface area contributed by atoms with Gasteiger partial charge < -0.3 is 18.9 Å². The first-order chi connectivity index (χ1) is 11.7. The third-order valence-corrected chi connectivity index (χ3v) is 5.29. The number of carbonyl (C=O) groups excluding carboxylic acids is 1. The molecular weight excluding hydrogens is 344 g/mol.